The highest BCUT2D eigenvalue weighted by atomic mass is 15.3. The first-order valence-corrected chi connectivity index (χ1v) is 5.29. The first kappa shape index (κ1) is 10.7. The molecule has 4 heteroatoms. The summed E-state index contributed by atoms with van der Waals surface area (Å²) in [6, 6.07) is 8.46. The summed E-state index contributed by atoms with van der Waals surface area (Å²) in [5.74, 6) is 1.62. The molecule has 0 aliphatic rings. The number of anilines is 1. The van der Waals surface area contributed by atoms with Crippen molar-refractivity contribution in [2.24, 2.45) is 0 Å². The van der Waals surface area contributed by atoms with Crippen molar-refractivity contribution in [3.05, 3.63) is 41.2 Å². The zero-order valence-corrected chi connectivity index (χ0v) is 9.86. The van der Waals surface area contributed by atoms with Crippen LogP contribution in [0.1, 0.15) is 17.0 Å². The number of nitrogens with one attached hydrogen (secondary N) is 1. The number of aromatic amines is 1. The smallest absolute Gasteiger partial charge is 0.244 e. The molecule has 0 aliphatic carbocycles. The third-order valence-corrected chi connectivity index (χ3v) is 2.41. The average Bonchev–Trinajstić information content (AvgIpc) is 2.70. The van der Waals surface area contributed by atoms with Gasteiger partial charge in [0.15, 0.2) is 0 Å². The minimum atomic E-state index is 0.724. The predicted molar refractivity (Wildman–Crippen MR) is 64.7 cm³/mol. The topological polar surface area (TPSA) is 44.8 Å². The Morgan fingerprint density at radius 3 is 2.44 bits per heavy atom. The Labute approximate surface area is 95.3 Å². The van der Waals surface area contributed by atoms with Crippen molar-refractivity contribution in [2.75, 3.05) is 19.0 Å². The van der Waals surface area contributed by atoms with Crippen LogP contribution >= 0.6 is 0 Å². The van der Waals surface area contributed by atoms with Gasteiger partial charge in [-0.05, 0) is 12.5 Å². The van der Waals surface area contributed by atoms with E-state index in [1.54, 1.807) is 0 Å². The molecule has 0 unspecified atom stereocenters. The first-order valence-electron chi connectivity index (χ1n) is 5.29. The van der Waals surface area contributed by atoms with Crippen molar-refractivity contribution in [3.63, 3.8) is 0 Å². The van der Waals surface area contributed by atoms with Crippen molar-refractivity contribution in [1.82, 2.24) is 15.2 Å². The quantitative estimate of drug-likeness (QED) is 0.850. The summed E-state index contributed by atoms with van der Waals surface area (Å²) >= 11 is 0. The Kier molecular flexibility index (Phi) is 2.90. The van der Waals surface area contributed by atoms with E-state index < -0.39 is 0 Å². The van der Waals surface area contributed by atoms with Crippen LogP contribution in [0.2, 0.25) is 0 Å². The molecule has 0 atom stereocenters. The van der Waals surface area contributed by atoms with Crippen LogP contribution in [0.3, 0.4) is 0 Å². The Hall–Kier alpha value is -1.84. The number of benzene rings is 1. The van der Waals surface area contributed by atoms with E-state index in [0.29, 0.717) is 0 Å². The van der Waals surface area contributed by atoms with Gasteiger partial charge in [0.2, 0.25) is 5.95 Å². The lowest BCUT2D eigenvalue weighted by Crippen LogP contribution is -2.10. The molecule has 0 spiro atoms. The SMILES string of the molecule is Cc1ccc(Cc2nc(N(C)C)n[nH]2)cc1. The lowest BCUT2D eigenvalue weighted by atomic mass is 10.1. The molecule has 4 nitrogen and oxygen atoms in total. The number of rotatable bonds is 3. The molecule has 0 radical (unpaired) electrons. The van der Waals surface area contributed by atoms with Gasteiger partial charge in [0.1, 0.15) is 5.82 Å². The maximum atomic E-state index is 4.39. The summed E-state index contributed by atoms with van der Waals surface area (Å²) in [6.07, 6.45) is 0.793. The number of nitrogens with zero attached hydrogens (tertiary/aromatic N) is 3. The van der Waals surface area contributed by atoms with Gasteiger partial charge in [0.05, 0.1) is 0 Å². The van der Waals surface area contributed by atoms with Gasteiger partial charge in [-0.15, -0.1) is 5.10 Å². The van der Waals surface area contributed by atoms with Crippen molar-refractivity contribution in [2.45, 2.75) is 13.3 Å². The molecule has 0 saturated carbocycles. The zero-order chi connectivity index (χ0) is 11.5. The fraction of sp³-hybridized carbons (Fsp3) is 0.333. The van der Waals surface area contributed by atoms with E-state index in [-0.39, 0.29) is 0 Å². The number of aromatic nitrogens is 3. The molecule has 0 fully saturated rings. The molecule has 16 heavy (non-hydrogen) atoms. The first-order chi connectivity index (χ1) is 7.65. The lowest BCUT2D eigenvalue weighted by molar-refractivity contribution is 0.967. The fourth-order valence-corrected chi connectivity index (χ4v) is 1.46. The van der Waals surface area contributed by atoms with Crippen molar-refractivity contribution < 1.29 is 0 Å². The number of aryl methyl sites for hydroxylation is 1. The summed E-state index contributed by atoms with van der Waals surface area (Å²) in [5.41, 5.74) is 2.52. The Morgan fingerprint density at radius 1 is 1.19 bits per heavy atom. The second-order valence-electron chi connectivity index (χ2n) is 4.14. The molecular weight excluding hydrogens is 200 g/mol. The highest BCUT2D eigenvalue weighted by Gasteiger charge is 2.04. The Morgan fingerprint density at radius 2 is 1.88 bits per heavy atom. The van der Waals surface area contributed by atoms with Gasteiger partial charge in [0, 0.05) is 20.5 Å². The lowest BCUT2D eigenvalue weighted by Gasteiger charge is -2.03. The summed E-state index contributed by atoms with van der Waals surface area (Å²) < 4.78 is 0. The molecule has 1 N–H and O–H groups in total. The molecule has 2 rings (SSSR count). The van der Waals surface area contributed by atoms with Gasteiger partial charge in [-0.25, -0.2) is 0 Å². The summed E-state index contributed by atoms with van der Waals surface area (Å²) in [6.45, 7) is 2.09. The minimum absolute atomic E-state index is 0.724. The van der Waals surface area contributed by atoms with E-state index >= 15 is 0 Å². The number of hydrogen-bond acceptors (Lipinski definition) is 3. The standard InChI is InChI=1S/C12H16N4/c1-9-4-6-10(7-5-9)8-11-13-12(15-14-11)16(2)3/h4-7H,8H2,1-3H3,(H,13,14,15). The monoisotopic (exact) mass is 216 g/mol. The third kappa shape index (κ3) is 2.39. The van der Waals surface area contributed by atoms with Gasteiger partial charge in [-0.2, -0.15) is 4.98 Å². The maximum Gasteiger partial charge on any atom is 0.244 e. The van der Waals surface area contributed by atoms with Crippen molar-refractivity contribution >= 4 is 5.95 Å². The van der Waals surface area contributed by atoms with Crippen LogP contribution in [0.15, 0.2) is 24.3 Å². The van der Waals surface area contributed by atoms with Crippen molar-refractivity contribution in [1.29, 1.82) is 0 Å². The van der Waals surface area contributed by atoms with Crippen molar-refractivity contribution in [3.8, 4) is 0 Å². The molecule has 0 aliphatic heterocycles. The average molecular weight is 216 g/mol. The van der Waals surface area contributed by atoms with Crippen LogP contribution in [0.4, 0.5) is 5.95 Å². The molecule has 84 valence electrons. The number of H-pyrrole nitrogens is 1. The van der Waals surface area contributed by atoms with E-state index in [0.717, 1.165) is 18.2 Å². The molecule has 0 saturated heterocycles. The maximum absolute atomic E-state index is 4.39. The van der Waals surface area contributed by atoms with Crippen LogP contribution in [0, 0.1) is 6.92 Å². The fourth-order valence-electron chi connectivity index (χ4n) is 1.46. The molecule has 0 bridgehead atoms. The van der Waals surface area contributed by atoms with Crippen LogP contribution in [-0.2, 0) is 6.42 Å². The molecule has 0 amide bonds. The largest absolute Gasteiger partial charge is 0.346 e. The number of hydrogen-bond donors (Lipinski definition) is 1. The summed E-state index contributed by atoms with van der Waals surface area (Å²) in [7, 11) is 3.86. The highest BCUT2D eigenvalue weighted by molar-refractivity contribution is 5.28. The molecule has 1 aromatic carbocycles. The normalized spacial score (nSPS) is 10.4. The van der Waals surface area contributed by atoms with Gasteiger partial charge in [-0.1, -0.05) is 29.8 Å². The van der Waals surface area contributed by atoms with Gasteiger partial charge in [0.25, 0.3) is 0 Å². The Bertz CT molecular complexity index is 456. The van der Waals surface area contributed by atoms with E-state index in [1.807, 2.05) is 19.0 Å². The van der Waals surface area contributed by atoms with Crippen LogP contribution in [-0.4, -0.2) is 29.3 Å². The molecule has 1 heterocycles. The summed E-state index contributed by atoms with van der Waals surface area (Å²) in [4.78, 5) is 6.27. The van der Waals surface area contributed by atoms with Gasteiger partial charge < -0.3 is 4.90 Å². The second-order valence-corrected chi connectivity index (χ2v) is 4.14. The zero-order valence-electron chi connectivity index (χ0n) is 9.86. The van der Waals surface area contributed by atoms with E-state index in [2.05, 4.69) is 46.4 Å². The van der Waals surface area contributed by atoms with Crippen LogP contribution < -0.4 is 4.90 Å². The van der Waals surface area contributed by atoms with E-state index in [1.165, 1.54) is 11.1 Å². The molecule has 1 aromatic heterocycles. The Balaban J connectivity index is 2.11. The highest BCUT2D eigenvalue weighted by Crippen LogP contribution is 2.09. The van der Waals surface area contributed by atoms with Crippen LogP contribution in [0.5, 0.6) is 0 Å². The van der Waals surface area contributed by atoms with Gasteiger partial charge >= 0.3 is 0 Å². The third-order valence-electron chi connectivity index (χ3n) is 2.41. The van der Waals surface area contributed by atoms with E-state index in [9.17, 15) is 0 Å². The molecular formula is C12H16N4. The molecule has 2 aromatic rings. The second kappa shape index (κ2) is 4.35. The van der Waals surface area contributed by atoms with Gasteiger partial charge in [-0.3, -0.25) is 5.10 Å². The predicted octanol–water partition coefficient (Wildman–Crippen LogP) is 1.77. The van der Waals surface area contributed by atoms with Crippen LogP contribution in [0.25, 0.3) is 0 Å². The minimum Gasteiger partial charge on any atom is -0.346 e. The van der Waals surface area contributed by atoms with E-state index in [4.69, 9.17) is 0 Å². The summed E-state index contributed by atoms with van der Waals surface area (Å²) in [5, 5.41) is 7.07.